The number of nitrogens with one attached hydrogen (secondary N) is 1. The van der Waals surface area contributed by atoms with Gasteiger partial charge in [0.05, 0.1) is 19.8 Å². The van der Waals surface area contributed by atoms with Crippen molar-refractivity contribution in [3.8, 4) is 11.8 Å². The van der Waals surface area contributed by atoms with E-state index in [9.17, 15) is 10.1 Å². The van der Waals surface area contributed by atoms with Crippen LogP contribution in [0.25, 0.3) is 6.08 Å². The minimum Gasteiger partial charge on any atom is -0.493 e. The summed E-state index contributed by atoms with van der Waals surface area (Å²) in [5, 5.41) is 12.3. The number of morpholine rings is 1. The van der Waals surface area contributed by atoms with E-state index >= 15 is 0 Å². The van der Waals surface area contributed by atoms with Crippen LogP contribution in [0.2, 0.25) is 0 Å². The van der Waals surface area contributed by atoms with Crippen LogP contribution in [0, 0.1) is 11.3 Å². The third-order valence-corrected chi connectivity index (χ3v) is 5.09. The molecule has 2 aromatic rings. The molecule has 0 spiro atoms. The first kappa shape index (κ1) is 21.9. The van der Waals surface area contributed by atoms with Gasteiger partial charge < -0.3 is 19.7 Å². The molecule has 1 aliphatic heterocycles. The monoisotopic (exact) mass is 469 g/mol. The number of benzene rings is 2. The van der Waals surface area contributed by atoms with Gasteiger partial charge in [0.1, 0.15) is 17.4 Å². The number of ether oxygens (including phenoxy) is 2. The maximum Gasteiger partial charge on any atom is 0.266 e. The summed E-state index contributed by atoms with van der Waals surface area (Å²) in [6.07, 6.45) is 2.42. The Bertz CT molecular complexity index is 945. The van der Waals surface area contributed by atoms with E-state index in [1.807, 2.05) is 55.5 Å². The lowest BCUT2D eigenvalue weighted by molar-refractivity contribution is -0.112. The van der Waals surface area contributed by atoms with Gasteiger partial charge in [0.2, 0.25) is 0 Å². The van der Waals surface area contributed by atoms with Crippen LogP contribution < -0.4 is 15.0 Å². The molecule has 7 heteroatoms. The van der Waals surface area contributed by atoms with Gasteiger partial charge in [-0.2, -0.15) is 5.26 Å². The van der Waals surface area contributed by atoms with Crippen LogP contribution in [0.5, 0.6) is 5.75 Å². The summed E-state index contributed by atoms with van der Waals surface area (Å²) in [6.45, 7) is 5.71. The molecule has 1 fully saturated rings. The first-order valence-electron chi connectivity index (χ1n) is 9.89. The molecular weight excluding hydrogens is 446 g/mol. The Morgan fingerprint density at radius 2 is 2.00 bits per heavy atom. The number of nitrogens with zero attached hydrogens (tertiary/aromatic N) is 2. The Balaban J connectivity index is 1.73. The van der Waals surface area contributed by atoms with E-state index in [4.69, 9.17) is 9.47 Å². The summed E-state index contributed by atoms with van der Waals surface area (Å²) in [7, 11) is 0. The second-order valence-electron chi connectivity index (χ2n) is 6.80. The molecule has 6 nitrogen and oxygen atoms in total. The average Bonchev–Trinajstić information content (AvgIpc) is 2.78. The zero-order chi connectivity index (χ0) is 21.3. The van der Waals surface area contributed by atoms with Crippen LogP contribution in [0.3, 0.4) is 0 Å². The molecule has 1 heterocycles. The van der Waals surface area contributed by atoms with E-state index in [-0.39, 0.29) is 5.57 Å². The molecule has 1 saturated heterocycles. The fourth-order valence-corrected chi connectivity index (χ4v) is 3.43. The van der Waals surface area contributed by atoms with Crippen molar-refractivity contribution in [2.45, 2.75) is 13.3 Å². The summed E-state index contributed by atoms with van der Waals surface area (Å²) >= 11 is 3.43. The lowest BCUT2D eigenvalue weighted by Crippen LogP contribution is -2.36. The third kappa shape index (κ3) is 5.85. The molecule has 3 rings (SSSR count). The van der Waals surface area contributed by atoms with Gasteiger partial charge in [-0.25, -0.2) is 0 Å². The van der Waals surface area contributed by atoms with Gasteiger partial charge in [-0.3, -0.25) is 4.79 Å². The first-order valence-corrected chi connectivity index (χ1v) is 10.7. The number of anilines is 2. The lowest BCUT2D eigenvalue weighted by atomic mass is 10.1. The van der Waals surface area contributed by atoms with Gasteiger partial charge in [0, 0.05) is 34.5 Å². The molecule has 0 unspecified atom stereocenters. The van der Waals surface area contributed by atoms with Crippen LogP contribution in [-0.2, 0) is 9.53 Å². The van der Waals surface area contributed by atoms with Crippen molar-refractivity contribution in [3.05, 3.63) is 58.1 Å². The van der Waals surface area contributed by atoms with E-state index in [1.165, 1.54) is 0 Å². The van der Waals surface area contributed by atoms with E-state index in [0.717, 1.165) is 29.7 Å². The fraction of sp³-hybridized carbons (Fsp3) is 0.304. The van der Waals surface area contributed by atoms with Gasteiger partial charge in [-0.15, -0.1) is 0 Å². The summed E-state index contributed by atoms with van der Waals surface area (Å²) < 4.78 is 12.0. The number of halogens is 1. The van der Waals surface area contributed by atoms with Crippen LogP contribution in [0.15, 0.2) is 52.5 Å². The zero-order valence-corrected chi connectivity index (χ0v) is 18.4. The highest BCUT2D eigenvalue weighted by molar-refractivity contribution is 9.10. The quantitative estimate of drug-likeness (QED) is 0.472. The molecule has 156 valence electrons. The Labute approximate surface area is 185 Å². The Hall–Kier alpha value is -2.82. The van der Waals surface area contributed by atoms with Crippen LogP contribution in [-0.4, -0.2) is 38.8 Å². The maximum atomic E-state index is 12.7. The van der Waals surface area contributed by atoms with Gasteiger partial charge in [-0.1, -0.05) is 22.9 Å². The number of amides is 1. The Morgan fingerprint density at radius 1 is 1.27 bits per heavy atom. The van der Waals surface area contributed by atoms with Crippen molar-refractivity contribution in [1.82, 2.24) is 0 Å². The summed E-state index contributed by atoms with van der Waals surface area (Å²) in [6, 6.07) is 15.1. The van der Waals surface area contributed by atoms with Gasteiger partial charge in [0.25, 0.3) is 5.91 Å². The highest BCUT2D eigenvalue weighted by Gasteiger charge is 2.14. The van der Waals surface area contributed by atoms with Crippen molar-refractivity contribution in [3.63, 3.8) is 0 Å². The van der Waals surface area contributed by atoms with Crippen molar-refractivity contribution in [1.29, 1.82) is 5.26 Å². The predicted molar refractivity (Wildman–Crippen MR) is 122 cm³/mol. The van der Waals surface area contributed by atoms with Crippen molar-refractivity contribution < 1.29 is 14.3 Å². The topological polar surface area (TPSA) is 74.6 Å². The minimum absolute atomic E-state index is 0.00621. The number of nitriles is 1. The van der Waals surface area contributed by atoms with Gasteiger partial charge in [-0.05, 0) is 55.0 Å². The second kappa shape index (κ2) is 10.8. The normalized spacial score (nSPS) is 14.2. The highest BCUT2D eigenvalue weighted by atomic mass is 79.9. The highest BCUT2D eigenvalue weighted by Crippen LogP contribution is 2.26. The average molecular weight is 470 g/mol. The van der Waals surface area contributed by atoms with Crippen molar-refractivity contribution >= 4 is 39.3 Å². The van der Waals surface area contributed by atoms with Crippen molar-refractivity contribution in [2.24, 2.45) is 0 Å². The standard InChI is InChI=1S/C23H24BrN3O3/c1-2-11-30-22-8-3-19(24)15-17(22)14-18(16-25)23(28)26-20-4-6-21(7-5-20)27-9-12-29-13-10-27/h3-8,14-15H,2,9-13H2,1H3,(H,26,28)/b18-14+. The first-order chi connectivity index (χ1) is 14.6. The maximum absolute atomic E-state index is 12.7. The summed E-state index contributed by atoms with van der Waals surface area (Å²) in [5.74, 6) is 0.175. The third-order valence-electron chi connectivity index (χ3n) is 4.60. The van der Waals surface area contributed by atoms with Crippen molar-refractivity contribution in [2.75, 3.05) is 43.1 Å². The molecule has 1 N–H and O–H groups in total. The van der Waals surface area contributed by atoms with Crippen LogP contribution in [0.4, 0.5) is 11.4 Å². The van der Waals surface area contributed by atoms with Crippen LogP contribution >= 0.6 is 15.9 Å². The zero-order valence-electron chi connectivity index (χ0n) is 16.9. The molecule has 0 aliphatic carbocycles. The van der Waals surface area contributed by atoms with Gasteiger partial charge >= 0.3 is 0 Å². The molecule has 2 aromatic carbocycles. The summed E-state index contributed by atoms with van der Waals surface area (Å²) in [4.78, 5) is 14.9. The van der Waals surface area contributed by atoms with E-state index in [2.05, 4.69) is 26.1 Å². The molecule has 1 aliphatic rings. The van der Waals surface area contributed by atoms with E-state index in [1.54, 1.807) is 6.08 Å². The molecule has 0 radical (unpaired) electrons. The Kier molecular flexibility index (Phi) is 7.89. The SMILES string of the molecule is CCCOc1ccc(Br)cc1/C=C(\C#N)C(=O)Nc1ccc(N2CCOCC2)cc1. The molecule has 30 heavy (non-hydrogen) atoms. The lowest BCUT2D eigenvalue weighted by Gasteiger charge is -2.28. The number of carbonyl (C=O) groups is 1. The number of hydrogen-bond acceptors (Lipinski definition) is 5. The number of rotatable bonds is 7. The molecule has 0 bridgehead atoms. The summed E-state index contributed by atoms with van der Waals surface area (Å²) in [5.41, 5.74) is 2.40. The fourth-order valence-electron chi connectivity index (χ4n) is 3.06. The molecule has 1 amide bonds. The van der Waals surface area contributed by atoms with Crippen LogP contribution in [0.1, 0.15) is 18.9 Å². The second-order valence-corrected chi connectivity index (χ2v) is 7.72. The molecule has 0 aromatic heterocycles. The smallest absolute Gasteiger partial charge is 0.266 e. The Morgan fingerprint density at radius 3 is 2.67 bits per heavy atom. The largest absolute Gasteiger partial charge is 0.493 e. The predicted octanol–water partition coefficient (Wildman–Crippen LogP) is 4.62. The van der Waals surface area contributed by atoms with E-state index < -0.39 is 5.91 Å². The minimum atomic E-state index is -0.460. The molecular formula is C23H24BrN3O3. The number of carbonyl (C=O) groups excluding carboxylic acids is 1. The number of hydrogen-bond donors (Lipinski definition) is 1. The molecule has 0 saturated carbocycles. The van der Waals surface area contributed by atoms with E-state index in [0.29, 0.717) is 36.8 Å². The van der Waals surface area contributed by atoms with Gasteiger partial charge in [0.15, 0.2) is 0 Å². The molecule has 0 atom stereocenters.